The van der Waals surface area contributed by atoms with Crippen molar-refractivity contribution in [2.75, 3.05) is 18.8 Å². The number of hydrogen-bond acceptors (Lipinski definition) is 3. The summed E-state index contributed by atoms with van der Waals surface area (Å²) >= 11 is 1.29. The Morgan fingerprint density at radius 3 is 2.08 bits per heavy atom. The fraction of sp³-hybridized carbons (Fsp3) is 0.500. The molecule has 0 aliphatic rings. The van der Waals surface area contributed by atoms with Crippen LogP contribution in [-0.4, -0.2) is 36.8 Å². The van der Waals surface area contributed by atoms with E-state index in [0.717, 1.165) is 4.90 Å². The van der Waals surface area contributed by atoms with E-state index < -0.39 is 31.1 Å². The number of thioether (sulfide) groups is 1. The molecule has 0 unspecified atom stereocenters. The van der Waals surface area contributed by atoms with Gasteiger partial charge in [-0.15, -0.1) is 11.8 Å². The van der Waals surface area contributed by atoms with Crippen LogP contribution in [-0.2, 0) is 15.0 Å². The number of rotatable bonds is 6. The van der Waals surface area contributed by atoms with Gasteiger partial charge in [0.05, 0.1) is 12.3 Å². The Bertz CT molecular complexity index is 566. The van der Waals surface area contributed by atoms with Crippen LogP contribution in [0.25, 0.3) is 0 Å². The Balaban J connectivity index is 2.32. The molecule has 2 N–H and O–H groups in total. The third-order valence-electron chi connectivity index (χ3n) is 3.02. The molecule has 0 radical (unpaired) electrons. The number of benzene rings is 1. The van der Waals surface area contributed by atoms with Gasteiger partial charge in [0.2, 0.25) is 11.8 Å². The monoisotopic (exact) mass is 362 g/mol. The van der Waals surface area contributed by atoms with Crippen molar-refractivity contribution in [2.45, 2.75) is 37.3 Å². The van der Waals surface area contributed by atoms with Gasteiger partial charge in [-0.3, -0.25) is 9.59 Å². The van der Waals surface area contributed by atoms with Gasteiger partial charge >= 0.3 is 6.18 Å². The van der Waals surface area contributed by atoms with Gasteiger partial charge in [-0.05, 0) is 23.1 Å². The average Bonchev–Trinajstić information content (AvgIpc) is 2.47. The summed E-state index contributed by atoms with van der Waals surface area (Å²) < 4.78 is 35.8. The first kappa shape index (κ1) is 20.3. The van der Waals surface area contributed by atoms with Crippen LogP contribution in [0.4, 0.5) is 13.2 Å². The van der Waals surface area contributed by atoms with E-state index in [0.29, 0.717) is 0 Å². The zero-order valence-corrected chi connectivity index (χ0v) is 14.6. The largest absolute Gasteiger partial charge is 0.405 e. The van der Waals surface area contributed by atoms with E-state index in [1.807, 2.05) is 24.3 Å². The average molecular weight is 362 g/mol. The molecular weight excluding hydrogens is 341 g/mol. The van der Waals surface area contributed by atoms with E-state index in [4.69, 9.17) is 0 Å². The van der Waals surface area contributed by atoms with Crippen molar-refractivity contribution >= 4 is 23.6 Å². The van der Waals surface area contributed by atoms with Crippen LogP contribution in [0.3, 0.4) is 0 Å². The minimum absolute atomic E-state index is 0.0460. The summed E-state index contributed by atoms with van der Waals surface area (Å²) in [6, 6.07) is 7.80. The molecule has 2 amide bonds. The minimum atomic E-state index is -4.46. The molecule has 1 aromatic rings. The highest BCUT2D eigenvalue weighted by Gasteiger charge is 2.27. The number of alkyl halides is 3. The zero-order chi connectivity index (χ0) is 18.4. The van der Waals surface area contributed by atoms with Gasteiger partial charge < -0.3 is 10.6 Å². The van der Waals surface area contributed by atoms with Gasteiger partial charge in [0, 0.05) is 4.90 Å². The highest BCUT2D eigenvalue weighted by atomic mass is 32.2. The third-order valence-corrected chi connectivity index (χ3v) is 4.03. The van der Waals surface area contributed by atoms with Gasteiger partial charge in [0.15, 0.2) is 0 Å². The van der Waals surface area contributed by atoms with Gasteiger partial charge in [0.1, 0.15) is 6.54 Å². The van der Waals surface area contributed by atoms with Gasteiger partial charge in [0.25, 0.3) is 0 Å². The molecule has 24 heavy (non-hydrogen) atoms. The van der Waals surface area contributed by atoms with Crippen LogP contribution in [0.5, 0.6) is 0 Å². The second-order valence-electron chi connectivity index (χ2n) is 6.23. The topological polar surface area (TPSA) is 58.2 Å². The zero-order valence-electron chi connectivity index (χ0n) is 13.8. The first-order valence-electron chi connectivity index (χ1n) is 7.31. The van der Waals surface area contributed by atoms with Crippen molar-refractivity contribution < 1.29 is 22.8 Å². The van der Waals surface area contributed by atoms with Crippen molar-refractivity contribution in [1.29, 1.82) is 0 Å². The molecule has 0 heterocycles. The number of carbonyl (C=O) groups excluding carboxylic acids is 2. The SMILES string of the molecule is CC(C)(C)c1ccc(SCC(=O)NCC(=O)NCC(F)(F)F)cc1. The molecule has 0 aliphatic carbocycles. The fourth-order valence-corrected chi connectivity index (χ4v) is 2.42. The highest BCUT2D eigenvalue weighted by molar-refractivity contribution is 8.00. The summed E-state index contributed by atoms with van der Waals surface area (Å²) in [6.45, 7) is 4.43. The predicted molar refractivity (Wildman–Crippen MR) is 87.9 cm³/mol. The lowest BCUT2D eigenvalue weighted by molar-refractivity contribution is -0.138. The van der Waals surface area contributed by atoms with Crippen LogP contribution in [0.1, 0.15) is 26.3 Å². The maximum Gasteiger partial charge on any atom is 0.405 e. The van der Waals surface area contributed by atoms with Crippen LogP contribution in [0.2, 0.25) is 0 Å². The van der Waals surface area contributed by atoms with Crippen molar-refractivity contribution in [2.24, 2.45) is 0 Å². The Morgan fingerprint density at radius 2 is 1.58 bits per heavy atom. The van der Waals surface area contributed by atoms with E-state index in [9.17, 15) is 22.8 Å². The molecule has 0 spiro atoms. The predicted octanol–water partition coefficient (Wildman–Crippen LogP) is 2.87. The lowest BCUT2D eigenvalue weighted by Gasteiger charge is -2.19. The number of halogens is 3. The van der Waals surface area contributed by atoms with Crippen LogP contribution >= 0.6 is 11.8 Å². The minimum Gasteiger partial charge on any atom is -0.346 e. The smallest absolute Gasteiger partial charge is 0.346 e. The van der Waals surface area contributed by atoms with Crippen molar-refractivity contribution in [3.8, 4) is 0 Å². The second-order valence-corrected chi connectivity index (χ2v) is 7.28. The molecule has 134 valence electrons. The molecule has 0 bridgehead atoms. The van der Waals surface area contributed by atoms with E-state index >= 15 is 0 Å². The molecule has 0 saturated heterocycles. The molecule has 8 heteroatoms. The van der Waals surface area contributed by atoms with Crippen LogP contribution in [0.15, 0.2) is 29.2 Å². The summed E-state index contributed by atoms with van der Waals surface area (Å²) in [5, 5.41) is 3.97. The molecule has 0 atom stereocenters. The first-order valence-corrected chi connectivity index (χ1v) is 8.29. The van der Waals surface area contributed by atoms with E-state index in [-0.39, 0.29) is 11.2 Å². The lowest BCUT2D eigenvalue weighted by atomic mass is 9.87. The summed E-state index contributed by atoms with van der Waals surface area (Å²) in [5.41, 5.74) is 1.22. The van der Waals surface area contributed by atoms with Crippen LogP contribution < -0.4 is 10.6 Å². The Hall–Kier alpha value is -1.70. The van der Waals surface area contributed by atoms with Crippen molar-refractivity contribution in [3.05, 3.63) is 29.8 Å². The maximum absolute atomic E-state index is 11.9. The number of nitrogens with one attached hydrogen (secondary N) is 2. The third kappa shape index (κ3) is 8.24. The second kappa shape index (κ2) is 8.41. The molecular formula is C16H21F3N2O2S. The molecule has 1 aromatic carbocycles. The molecule has 4 nitrogen and oxygen atoms in total. The highest BCUT2D eigenvalue weighted by Crippen LogP contribution is 2.25. The first-order chi connectivity index (χ1) is 11.0. The molecule has 0 fully saturated rings. The normalized spacial score (nSPS) is 11.9. The Morgan fingerprint density at radius 1 is 1.00 bits per heavy atom. The summed E-state index contributed by atoms with van der Waals surface area (Å²) in [5.74, 6) is -1.20. The summed E-state index contributed by atoms with van der Waals surface area (Å²) in [4.78, 5) is 23.7. The summed E-state index contributed by atoms with van der Waals surface area (Å²) in [7, 11) is 0. The lowest BCUT2D eigenvalue weighted by Crippen LogP contribution is -2.41. The quantitative estimate of drug-likeness (QED) is 0.765. The summed E-state index contributed by atoms with van der Waals surface area (Å²) in [6.07, 6.45) is -4.46. The number of amides is 2. The van der Waals surface area contributed by atoms with E-state index in [2.05, 4.69) is 26.1 Å². The Labute approximate surface area is 143 Å². The van der Waals surface area contributed by atoms with Crippen molar-refractivity contribution in [3.63, 3.8) is 0 Å². The number of hydrogen-bond donors (Lipinski definition) is 2. The molecule has 0 aromatic heterocycles. The van der Waals surface area contributed by atoms with Gasteiger partial charge in [-0.25, -0.2) is 0 Å². The van der Waals surface area contributed by atoms with Gasteiger partial charge in [-0.1, -0.05) is 32.9 Å². The standard InChI is InChI=1S/C16H21F3N2O2S/c1-15(2,3)11-4-6-12(7-5-11)24-9-14(23)20-8-13(22)21-10-16(17,18)19/h4-7H,8-10H2,1-3H3,(H,20,23)(H,21,22). The van der Waals surface area contributed by atoms with Crippen molar-refractivity contribution in [1.82, 2.24) is 10.6 Å². The van der Waals surface area contributed by atoms with Gasteiger partial charge in [-0.2, -0.15) is 13.2 Å². The van der Waals surface area contributed by atoms with E-state index in [1.165, 1.54) is 17.3 Å². The molecule has 1 rings (SSSR count). The molecule has 0 saturated carbocycles. The number of carbonyl (C=O) groups is 2. The fourth-order valence-electron chi connectivity index (χ4n) is 1.69. The molecule has 0 aliphatic heterocycles. The van der Waals surface area contributed by atoms with Crippen LogP contribution in [0, 0.1) is 0 Å². The maximum atomic E-state index is 11.9. The Kier molecular flexibility index (Phi) is 7.13. The van der Waals surface area contributed by atoms with E-state index in [1.54, 1.807) is 5.32 Å².